The maximum absolute atomic E-state index is 12.6. The number of aromatic nitrogens is 1. The molecule has 0 unspecified atom stereocenters. The van der Waals surface area contributed by atoms with Gasteiger partial charge in [-0.15, -0.1) is 0 Å². The summed E-state index contributed by atoms with van der Waals surface area (Å²) in [7, 11) is -3.29. The van der Waals surface area contributed by atoms with Crippen molar-refractivity contribution in [3.8, 4) is 0 Å². The number of thiazole rings is 1. The molecule has 8 heteroatoms. The molecule has 0 bridgehead atoms. The number of sulfone groups is 1. The molecule has 0 radical (unpaired) electrons. The zero-order chi connectivity index (χ0) is 21.2. The predicted octanol–water partition coefficient (Wildman–Crippen LogP) is 3.76. The third-order valence-electron chi connectivity index (χ3n) is 4.75. The van der Waals surface area contributed by atoms with Crippen molar-refractivity contribution in [2.45, 2.75) is 31.7 Å². The van der Waals surface area contributed by atoms with Gasteiger partial charge in [-0.25, -0.2) is 8.42 Å². The summed E-state index contributed by atoms with van der Waals surface area (Å²) in [5.74, 6) is 0.666. The van der Waals surface area contributed by atoms with E-state index in [0.717, 1.165) is 27.1 Å². The Kier molecular flexibility index (Phi) is 6.65. The Balaban J connectivity index is 2.03. The van der Waals surface area contributed by atoms with Crippen molar-refractivity contribution in [2.75, 3.05) is 18.3 Å². The van der Waals surface area contributed by atoms with Gasteiger partial charge in [-0.1, -0.05) is 29.5 Å². The molecule has 3 aromatic rings. The quantitative estimate of drug-likeness (QED) is 0.576. The number of rotatable bonds is 6. The van der Waals surface area contributed by atoms with E-state index in [1.54, 1.807) is 30.0 Å². The van der Waals surface area contributed by atoms with Crippen molar-refractivity contribution in [1.29, 1.82) is 0 Å². The lowest BCUT2D eigenvalue weighted by Crippen LogP contribution is -2.18. The van der Waals surface area contributed by atoms with Crippen molar-refractivity contribution in [3.63, 3.8) is 0 Å². The Morgan fingerprint density at radius 1 is 1.14 bits per heavy atom. The normalized spacial score (nSPS) is 12.6. The van der Waals surface area contributed by atoms with Gasteiger partial charge in [0.05, 0.1) is 21.5 Å². The summed E-state index contributed by atoms with van der Waals surface area (Å²) in [6.45, 7) is 4.78. The molecule has 0 aliphatic carbocycles. The number of benzene rings is 2. The van der Waals surface area contributed by atoms with Crippen molar-refractivity contribution < 1.29 is 13.2 Å². The number of hydrogen-bond acceptors (Lipinski definition) is 5. The first-order chi connectivity index (χ1) is 13.7. The highest BCUT2D eigenvalue weighted by Crippen LogP contribution is 2.22. The number of hydrogen-bond donors (Lipinski definition) is 0. The zero-order valence-electron chi connectivity index (χ0n) is 16.9. The fourth-order valence-electron chi connectivity index (χ4n) is 3.00. The number of nitrogens with zero attached hydrogens (tertiary/aromatic N) is 2. The van der Waals surface area contributed by atoms with Gasteiger partial charge in [0.1, 0.15) is 0 Å². The number of carbonyl (C=O) groups excluding carboxylic acids is 1. The van der Waals surface area contributed by atoms with E-state index in [1.165, 1.54) is 23.2 Å². The highest BCUT2D eigenvalue weighted by molar-refractivity contribution is 7.98. The molecule has 0 saturated carbocycles. The van der Waals surface area contributed by atoms with E-state index in [4.69, 9.17) is 0 Å². The molecule has 0 aliphatic rings. The van der Waals surface area contributed by atoms with E-state index in [-0.39, 0.29) is 17.2 Å². The highest BCUT2D eigenvalue weighted by atomic mass is 32.2. The second-order valence-electron chi connectivity index (χ2n) is 7.03. The number of fused-ring (bicyclic) bond motifs is 1. The van der Waals surface area contributed by atoms with E-state index in [9.17, 15) is 13.2 Å². The van der Waals surface area contributed by atoms with Gasteiger partial charge in [0.2, 0.25) is 0 Å². The Morgan fingerprint density at radius 3 is 2.55 bits per heavy atom. The fourth-order valence-corrected chi connectivity index (χ4v) is 5.20. The third kappa shape index (κ3) is 5.18. The molecule has 5 nitrogen and oxygen atoms in total. The predicted molar refractivity (Wildman–Crippen MR) is 121 cm³/mol. The molecule has 1 heterocycles. The van der Waals surface area contributed by atoms with Crippen LogP contribution in [0, 0.1) is 13.8 Å². The smallest absolute Gasteiger partial charge is 0.252 e. The third-order valence-corrected chi connectivity index (χ3v) is 7.49. The molecule has 3 rings (SSSR count). The van der Waals surface area contributed by atoms with Crippen LogP contribution in [0.4, 0.5) is 0 Å². The molecule has 154 valence electrons. The van der Waals surface area contributed by atoms with Crippen molar-refractivity contribution in [3.05, 3.63) is 57.9 Å². The fraction of sp³-hybridized carbons (Fsp3) is 0.333. The van der Waals surface area contributed by atoms with Crippen LogP contribution in [0.1, 0.15) is 16.7 Å². The maximum Gasteiger partial charge on any atom is 0.252 e. The van der Waals surface area contributed by atoms with E-state index < -0.39 is 9.84 Å². The molecule has 0 saturated heterocycles. The summed E-state index contributed by atoms with van der Waals surface area (Å²) in [6, 6.07) is 11.1. The summed E-state index contributed by atoms with van der Waals surface area (Å²) < 4.78 is 26.6. The van der Waals surface area contributed by atoms with E-state index in [0.29, 0.717) is 11.3 Å². The molecular weight excluding hydrogens is 424 g/mol. The standard InChI is InChI=1S/C21H24N2O3S3/c1-14-5-6-16(11-15(14)2)12-20(24)22-21-23(9-10-27-3)18-8-7-17(29(4,25)26)13-19(18)28-21/h5-8,11,13H,9-10,12H2,1-4H3. The van der Waals surface area contributed by atoms with Crippen LogP contribution in [0.25, 0.3) is 10.2 Å². The molecule has 0 aliphatic heterocycles. The van der Waals surface area contributed by atoms with Crippen LogP contribution < -0.4 is 4.80 Å². The first kappa shape index (κ1) is 21.8. The van der Waals surface area contributed by atoms with Crippen LogP contribution >= 0.6 is 23.1 Å². The van der Waals surface area contributed by atoms with Crippen LogP contribution in [0.15, 0.2) is 46.3 Å². The van der Waals surface area contributed by atoms with Crippen LogP contribution in [0.5, 0.6) is 0 Å². The topological polar surface area (TPSA) is 68.5 Å². The molecule has 0 atom stereocenters. The Labute approximate surface area is 179 Å². The molecule has 0 fully saturated rings. The summed E-state index contributed by atoms with van der Waals surface area (Å²) in [6.07, 6.45) is 3.47. The maximum atomic E-state index is 12.6. The number of amides is 1. The largest absolute Gasteiger partial charge is 0.316 e. The minimum absolute atomic E-state index is 0.207. The Hall–Kier alpha value is -1.90. The summed E-state index contributed by atoms with van der Waals surface area (Å²) >= 11 is 3.06. The molecular formula is C21H24N2O3S3. The van der Waals surface area contributed by atoms with Gasteiger partial charge in [-0.2, -0.15) is 16.8 Å². The first-order valence-corrected chi connectivity index (χ1v) is 13.3. The van der Waals surface area contributed by atoms with Gasteiger partial charge in [0, 0.05) is 18.6 Å². The molecule has 2 aromatic carbocycles. The highest BCUT2D eigenvalue weighted by Gasteiger charge is 2.13. The van der Waals surface area contributed by atoms with Crippen LogP contribution in [0.3, 0.4) is 0 Å². The Bertz CT molecular complexity index is 1240. The van der Waals surface area contributed by atoms with Crippen molar-refractivity contribution in [2.24, 2.45) is 4.99 Å². The summed E-state index contributed by atoms with van der Waals surface area (Å²) in [5, 5.41) is 0. The van der Waals surface area contributed by atoms with E-state index in [2.05, 4.69) is 4.99 Å². The van der Waals surface area contributed by atoms with Gasteiger partial charge in [-0.05, 0) is 55.0 Å². The Morgan fingerprint density at radius 2 is 1.90 bits per heavy atom. The van der Waals surface area contributed by atoms with Crippen molar-refractivity contribution in [1.82, 2.24) is 4.57 Å². The lowest BCUT2D eigenvalue weighted by atomic mass is 10.0. The van der Waals surface area contributed by atoms with Gasteiger partial charge in [-0.3, -0.25) is 4.79 Å². The first-order valence-electron chi connectivity index (χ1n) is 9.15. The second kappa shape index (κ2) is 8.85. The lowest BCUT2D eigenvalue weighted by molar-refractivity contribution is -0.117. The average molecular weight is 449 g/mol. The van der Waals surface area contributed by atoms with Gasteiger partial charge in [0.15, 0.2) is 14.6 Å². The van der Waals surface area contributed by atoms with Gasteiger partial charge >= 0.3 is 0 Å². The second-order valence-corrected chi connectivity index (χ2v) is 11.0. The number of carbonyl (C=O) groups is 1. The molecule has 0 spiro atoms. The van der Waals surface area contributed by atoms with Crippen LogP contribution in [0.2, 0.25) is 0 Å². The summed E-state index contributed by atoms with van der Waals surface area (Å²) in [5.41, 5.74) is 4.19. The van der Waals surface area contributed by atoms with Gasteiger partial charge in [0.25, 0.3) is 5.91 Å². The van der Waals surface area contributed by atoms with Crippen LogP contribution in [-0.4, -0.2) is 37.2 Å². The van der Waals surface area contributed by atoms with Gasteiger partial charge < -0.3 is 4.57 Å². The van der Waals surface area contributed by atoms with Crippen molar-refractivity contribution >= 4 is 49.1 Å². The number of aryl methyl sites for hydroxylation is 3. The summed E-state index contributed by atoms with van der Waals surface area (Å²) in [4.78, 5) is 17.9. The number of thioether (sulfide) groups is 1. The lowest BCUT2D eigenvalue weighted by Gasteiger charge is -2.05. The minimum Gasteiger partial charge on any atom is -0.316 e. The molecule has 29 heavy (non-hydrogen) atoms. The molecule has 1 amide bonds. The zero-order valence-corrected chi connectivity index (χ0v) is 19.4. The molecule has 1 aromatic heterocycles. The SMILES string of the molecule is CSCCn1c(=NC(=O)Cc2ccc(C)c(C)c2)sc2cc(S(C)(=O)=O)ccc21. The monoisotopic (exact) mass is 448 g/mol. The van der Waals surface area contributed by atoms with E-state index in [1.807, 2.05) is 42.9 Å². The van der Waals surface area contributed by atoms with E-state index >= 15 is 0 Å². The average Bonchev–Trinajstić information content (AvgIpc) is 2.98. The minimum atomic E-state index is -3.29. The van der Waals surface area contributed by atoms with Crippen LogP contribution in [-0.2, 0) is 27.6 Å². The molecule has 0 N–H and O–H groups in total.